The average molecular weight is 275 g/mol. The van der Waals surface area contributed by atoms with Gasteiger partial charge in [0.1, 0.15) is 10.8 Å². The number of aromatic nitrogens is 1. The van der Waals surface area contributed by atoms with E-state index < -0.39 is 17.6 Å². The first-order valence-corrected chi connectivity index (χ1v) is 6.05. The Morgan fingerprint density at radius 3 is 2.56 bits per heavy atom. The minimum atomic E-state index is -4.48. The third-order valence-electron chi connectivity index (χ3n) is 2.43. The first-order valence-electron chi connectivity index (χ1n) is 5.23. The average Bonchev–Trinajstić information content (AvgIpc) is 2.76. The molecule has 0 aliphatic rings. The topological polar surface area (TPSA) is 12.9 Å². The number of aryl methyl sites for hydroxylation is 1. The van der Waals surface area contributed by atoms with Crippen LogP contribution in [-0.2, 0) is 12.6 Å². The van der Waals surface area contributed by atoms with Crippen molar-refractivity contribution < 1.29 is 17.6 Å². The first kappa shape index (κ1) is 13.0. The van der Waals surface area contributed by atoms with Crippen LogP contribution in [0.1, 0.15) is 17.4 Å². The highest BCUT2D eigenvalue weighted by Crippen LogP contribution is 2.34. The second-order valence-corrected chi connectivity index (χ2v) is 4.79. The lowest BCUT2D eigenvalue weighted by atomic mass is 10.1. The molecule has 1 aromatic carbocycles. The van der Waals surface area contributed by atoms with E-state index in [4.69, 9.17) is 0 Å². The molecule has 0 aliphatic heterocycles. The zero-order chi connectivity index (χ0) is 13.3. The third kappa shape index (κ3) is 2.53. The van der Waals surface area contributed by atoms with Gasteiger partial charge in [-0.1, -0.05) is 6.92 Å². The fourth-order valence-electron chi connectivity index (χ4n) is 1.46. The molecule has 0 aliphatic carbocycles. The number of hydrogen-bond acceptors (Lipinski definition) is 2. The fourth-order valence-corrected chi connectivity index (χ4v) is 2.33. The molecule has 2 rings (SSSR count). The van der Waals surface area contributed by atoms with E-state index in [0.29, 0.717) is 0 Å². The maximum absolute atomic E-state index is 13.6. The first-order chi connectivity index (χ1) is 8.41. The highest BCUT2D eigenvalue weighted by atomic mass is 32.1. The van der Waals surface area contributed by atoms with Gasteiger partial charge in [0, 0.05) is 16.6 Å². The van der Waals surface area contributed by atoms with E-state index >= 15 is 0 Å². The molecule has 2 aromatic rings. The van der Waals surface area contributed by atoms with Crippen molar-refractivity contribution in [2.75, 3.05) is 0 Å². The molecule has 1 aromatic heterocycles. The lowest BCUT2D eigenvalue weighted by molar-refractivity contribution is -0.137. The van der Waals surface area contributed by atoms with Crippen LogP contribution in [0.5, 0.6) is 0 Å². The standard InChI is InChI=1S/C12H9F4NS/c1-2-8-6-17-11(18-8)9-5-7(12(14,15)16)3-4-10(9)13/h3-6H,2H2,1H3. The van der Waals surface area contributed by atoms with Crippen molar-refractivity contribution in [1.82, 2.24) is 4.98 Å². The van der Waals surface area contributed by atoms with Crippen molar-refractivity contribution in [3.8, 4) is 10.6 Å². The van der Waals surface area contributed by atoms with Crippen LogP contribution in [0.15, 0.2) is 24.4 Å². The molecule has 0 fully saturated rings. The maximum atomic E-state index is 13.6. The Balaban J connectivity index is 2.49. The van der Waals surface area contributed by atoms with E-state index in [1.165, 1.54) is 11.3 Å². The number of thiazole rings is 1. The molecule has 0 spiro atoms. The minimum Gasteiger partial charge on any atom is -0.244 e. The molecule has 1 heterocycles. The summed E-state index contributed by atoms with van der Waals surface area (Å²) in [6, 6.07) is 2.35. The van der Waals surface area contributed by atoms with Gasteiger partial charge in [-0.05, 0) is 24.6 Å². The van der Waals surface area contributed by atoms with Gasteiger partial charge in [0.05, 0.1) is 5.56 Å². The van der Waals surface area contributed by atoms with Crippen LogP contribution >= 0.6 is 11.3 Å². The van der Waals surface area contributed by atoms with Gasteiger partial charge in [0.15, 0.2) is 0 Å². The highest BCUT2D eigenvalue weighted by molar-refractivity contribution is 7.15. The molecular weight excluding hydrogens is 266 g/mol. The van der Waals surface area contributed by atoms with Crippen LogP contribution in [0, 0.1) is 5.82 Å². The molecule has 96 valence electrons. The lowest BCUT2D eigenvalue weighted by Crippen LogP contribution is -2.05. The molecule has 0 atom stereocenters. The zero-order valence-electron chi connectivity index (χ0n) is 9.38. The van der Waals surface area contributed by atoms with Gasteiger partial charge in [-0.3, -0.25) is 0 Å². The number of halogens is 4. The quantitative estimate of drug-likeness (QED) is 0.734. The number of alkyl halides is 3. The summed E-state index contributed by atoms with van der Waals surface area (Å²) in [6.45, 7) is 1.90. The molecule has 0 unspecified atom stereocenters. The summed E-state index contributed by atoms with van der Waals surface area (Å²) in [7, 11) is 0. The zero-order valence-corrected chi connectivity index (χ0v) is 10.2. The van der Waals surface area contributed by atoms with Crippen LogP contribution in [0.2, 0.25) is 0 Å². The van der Waals surface area contributed by atoms with E-state index in [1.807, 2.05) is 6.92 Å². The third-order valence-corrected chi connectivity index (χ3v) is 3.60. The Labute approximate surface area is 105 Å². The molecule has 0 amide bonds. The van der Waals surface area contributed by atoms with Crippen molar-refractivity contribution in [2.24, 2.45) is 0 Å². The van der Waals surface area contributed by atoms with Crippen LogP contribution in [0.4, 0.5) is 17.6 Å². The largest absolute Gasteiger partial charge is 0.416 e. The van der Waals surface area contributed by atoms with E-state index in [0.717, 1.165) is 29.5 Å². The molecular formula is C12H9F4NS. The Morgan fingerprint density at radius 1 is 1.28 bits per heavy atom. The summed E-state index contributed by atoms with van der Waals surface area (Å²) in [6.07, 6.45) is -2.20. The van der Waals surface area contributed by atoms with Crippen molar-refractivity contribution in [1.29, 1.82) is 0 Å². The summed E-state index contributed by atoms with van der Waals surface area (Å²) in [5, 5.41) is 0.274. The molecule has 18 heavy (non-hydrogen) atoms. The number of rotatable bonds is 2. The van der Waals surface area contributed by atoms with Gasteiger partial charge in [-0.2, -0.15) is 13.2 Å². The molecule has 0 saturated heterocycles. The summed E-state index contributed by atoms with van der Waals surface area (Å²) in [4.78, 5) is 4.86. The summed E-state index contributed by atoms with van der Waals surface area (Å²) >= 11 is 1.20. The number of benzene rings is 1. The second kappa shape index (κ2) is 4.68. The van der Waals surface area contributed by atoms with Crippen molar-refractivity contribution >= 4 is 11.3 Å². The molecule has 0 N–H and O–H groups in total. The maximum Gasteiger partial charge on any atom is 0.416 e. The van der Waals surface area contributed by atoms with Gasteiger partial charge >= 0.3 is 6.18 Å². The fraction of sp³-hybridized carbons (Fsp3) is 0.250. The molecule has 0 bridgehead atoms. The van der Waals surface area contributed by atoms with Gasteiger partial charge in [0.25, 0.3) is 0 Å². The predicted octanol–water partition coefficient (Wildman–Crippen LogP) is 4.53. The van der Waals surface area contributed by atoms with Crippen molar-refractivity contribution in [3.63, 3.8) is 0 Å². The summed E-state index contributed by atoms with van der Waals surface area (Å²) in [5.74, 6) is -0.694. The van der Waals surface area contributed by atoms with Gasteiger partial charge in [0.2, 0.25) is 0 Å². The normalized spacial score (nSPS) is 11.8. The van der Waals surface area contributed by atoms with Gasteiger partial charge in [-0.25, -0.2) is 9.37 Å². The van der Waals surface area contributed by atoms with E-state index in [-0.39, 0.29) is 10.6 Å². The number of hydrogen-bond donors (Lipinski definition) is 0. The van der Waals surface area contributed by atoms with E-state index in [1.54, 1.807) is 6.20 Å². The predicted molar refractivity (Wildman–Crippen MR) is 61.9 cm³/mol. The van der Waals surface area contributed by atoms with E-state index in [2.05, 4.69) is 4.98 Å². The van der Waals surface area contributed by atoms with Gasteiger partial charge in [-0.15, -0.1) is 11.3 Å². The van der Waals surface area contributed by atoms with Crippen LogP contribution < -0.4 is 0 Å². The highest BCUT2D eigenvalue weighted by Gasteiger charge is 2.31. The molecule has 0 radical (unpaired) electrons. The lowest BCUT2D eigenvalue weighted by Gasteiger charge is -2.08. The Hall–Kier alpha value is -1.43. The minimum absolute atomic E-state index is 0.102. The van der Waals surface area contributed by atoms with Crippen LogP contribution in [0.25, 0.3) is 10.6 Å². The summed E-state index contributed by atoms with van der Waals surface area (Å²) in [5.41, 5.74) is -0.971. The number of nitrogens with zero attached hydrogens (tertiary/aromatic N) is 1. The monoisotopic (exact) mass is 275 g/mol. The SMILES string of the molecule is CCc1cnc(-c2cc(C(F)(F)F)ccc2F)s1. The van der Waals surface area contributed by atoms with Crippen molar-refractivity contribution in [3.05, 3.63) is 40.7 Å². The van der Waals surface area contributed by atoms with Crippen molar-refractivity contribution in [2.45, 2.75) is 19.5 Å². The molecule has 1 nitrogen and oxygen atoms in total. The van der Waals surface area contributed by atoms with Crippen LogP contribution in [-0.4, -0.2) is 4.98 Å². The molecule has 6 heteroatoms. The second-order valence-electron chi connectivity index (χ2n) is 3.68. The smallest absolute Gasteiger partial charge is 0.244 e. The van der Waals surface area contributed by atoms with Gasteiger partial charge < -0.3 is 0 Å². The molecule has 0 saturated carbocycles. The summed E-state index contributed by atoms with van der Waals surface area (Å²) < 4.78 is 51.2. The van der Waals surface area contributed by atoms with E-state index in [9.17, 15) is 17.6 Å². The Bertz CT molecular complexity index is 559. The Morgan fingerprint density at radius 2 is 2.00 bits per heavy atom. The van der Waals surface area contributed by atoms with Crippen LogP contribution in [0.3, 0.4) is 0 Å². The Kier molecular flexibility index (Phi) is 3.38.